The Labute approximate surface area is 123 Å². The Bertz CT molecular complexity index is 534. The molecule has 1 N–H and O–H groups in total. The van der Waals surface area contributed by atoms with E-state index in [1.165, 1.54) is 24.5 Å². The van der Waals surface area contributed by atoms with E-state index in [0.29, 0.717) is 5.92 Å². The first-order valence-electron chi connectivity index (χ1n) is 7.28. The van der Waals surface area contributed by atoms with Gasteiger partial charge in [0, 0.05) is 6.04 Å². The van der Waals surface area contributed by atoms with Crippen molar-refractivity contribution in [2.75, 3.05) is 6.54 Å². The zero-order valence-corrected chi connectivity index (χ0v) is 12.3. The van der Waals surface area contributed by atoms with Crippen LogP contribution in [0.4, 0.5) is 4.39 Å². The van der Waals surface area contributed by atoms with Crippen LogP contribution in [-0.4, -0.2) is 12.6 Å². The summed E-state index contributed by atoms with van der Waals surface area (Å²) in [6, 6.07) is 9.94. The summed E-state index contributed by atoms with van der Waals surface area (Å²) in [5.74, 6) is 0.402. The van der Waals surface area contributed by atoms with Gasteiger partial charge in [0.25, 0.3) is 0 Å². The van der Waals surface area contributed by atoms with Gasteiger partial charge in [-0.2, -0.15) is 11.3 Å². The number of hydrogen-bond donors (Lipinski definition) is 1. The Hall–Kier alpha value is -1.19. The van der Waals surface area contributed by atoms with Gasteiger partial charge in [0.15, 0.2) is 0 Å². The van der Waals surface area contributed by atoms with Crippen LogP contribution < -0.4 is 5.32 Å². The van der Waals surface area contributed by atoms with Crippen LogP contribution in [-0.2, 0) is 12.8 Å². The van der Waals surface area contributed by atoms with Crippen LogP contribution in [0.15, 0.2) is 41.1 Å². The number of benzene rings is 1. The summed E-state index contributed by atoms with van der Waals surface area (Å²) in [4.78, 5) is 0. The van der Waals surface area contributed by atoms with Crippen LogP contribution >= 0.6 is 11.3 Å². The molecule has 20 heavy (non-hydrogen) atoms. The molecule has 106 valence electrons. The van der Waals surface area contributed by atoms with Crippen molar-refractivity contribution >= 4 is 11.3 Å². The molecule has 1 fully saturated rings. The van der Waals surface area contributed by atoms with Crippen molar-refractivity contribution in [2.24, 2.45) is 5.92 Å². The molecule has 1 heterocycles. The number of hydrogen-bond acceptors (Lipinski definition) is 2. The molecule has 0 spiro atoms. The van der Waals surface area contributed by atoms with Gasteiger partial charge in [-0.3, -0.25) is 0 Å². The molecular formula is C17H20FNS. The molecule has 3 heteroatoms. The first kappa shape index (κ1) is 13.8. The molecule has 0 aliphatic heterocycles. The highest BCUT2D eigenvalue weighted by Crippen LogP contribution is 2.21. The molecule has 1 unspecified atom stereocenters. The third-order valence-corrected chi connectivity index (χ3v) is 4.52. The molecule has 1 nitrogen and oxygen atoms in total. The third-order valence-electron chi connectivity index (χ3n) is 3.79. The fraction of sp³-hybridized carbons (Fsp3) is 0.412. The van der Waals surface area contributed by atoms with Gasteiger partial charge in [-0.25, -0.2) is 4.39 Å². The average molecular weight is 289 g/mol. The van der Waals surface area contributed by atoms with Crippen molar-refractivity contribution in [3.63, 3.8) is 0 Å². The lowest BCUT2D eigenvalue weighted by molar-refractivity contribution is 0.468. The normalized spacial score (nSPS) is 16.2. The van der Waals surface area contributed by atoms with Crippen LogP contribution in [0.3, 0.4) is 0 Å². The SMILES string of the molecule is Fc1cccc(CC(CNC2CC2)Cc2ccsc2)c1. The first-order valence-corrected chi connectivity index (χ1v) is 8.23. The zero-order valence-electron chi connectivity index (χ0n) is 11.5. The van der Waals surface area contributed by atoms with Crippen molar-refractivity contribution in [1.82, 2.24) is 5.32 Å². The maximum absolute atomic E-state index is 13.3. The quantitative estimate of drug-likeness (QED) is 0.811. The lowest BCUT2D eigenvalue weighted by atomic mass is 9.93. The van der Waals surface area contributed by atoms with E-state index in [4.69, 9.17) is 0 Å². The molecule has 0 bridgehead atoms. The number of nitrogens with one attached hydrogen (secondary N) is 1. The third kappa shape index (κ3) is 4.15. The van der Waals surface area contributed by atoms with Gasteiger partial charge < -0.3 is 5.32 Å². The summed E-state index contributed by atoms with van der Waals surface area (Å²) in [6.07, 6.45) is 4.63. The topological polar surface area (TPSA) is 12.0 Å². The Morgan fingerprint density at radius 3 is 2.75 bits per heavy atom. The molecule has 0 amide bonds. The van der Waals surface area contributed by atoms with Gasteiger partial charge in [-0.05, 0) is 78.2 Å². The van der Waals surface area contributed by atoms with Gasteiger partial charge in [-0.15, -0.1) is 0 Å². The summed E-state index contributed by atoms with van der Waals surface area (Å²) in [7, 11) is 0. The van der Waals surface area contributed by atoms with Crippen molar-refractivity contribution < 1.29 is 4.39 Å². The molecule has 2 aromatic rings. The van der Waals surface area contributed by atoms with Crippen LogP contribution in [0.25, 0.3) is 0 Å². The second-order valence-electron chi connectivity index (χ2n) is 5.72. The molecular weight excluding hydrogens is 269 g/mol. The minimum absolute atomic E-state index is 0.132. The van der Waals surface area contributed by atoms with Crippen LogP contribution in [0.2, 0.25) is 0 Å². The second-order valence-corrected chi connectivity index (χ2v) is 6.50. The summed E-state index contributed by atoms with van der Waals surface area (Å²) in [5, 5.41) is 7.96. The Kier molecular flexibility index (Phi) is 4.48. The van der Waals surface area contributed by atoms with Gasteiger partial charge in [0.05, 0.1) is 0 Å². The summed E-state index contributed by atoms with van der Waals surface area (Å²) < 4.78 is 13.3. The molecule has 3 rings (SSSR count). The summed E-state index contributed by atoms with van der Waals surface area (Å²) in [5.41, 5.74) is 2.50. The number of thiophene rings is 1. The first-order chi connectivity index (χ1) is 9.79. The van der Waals surface area contributed by atoms with Crippen molar-refractivity contribution in [3.8, 4) is 0 Å². The van der Waals surface area contributed by atoms with Crippen LogP contribution in [0, 0.1) is 11.7 Å². The van der Waals surface area contributed by atoms with Gasteiger partial charge in [-0.1, -0.05) is 12.1 Å². The van der Waals surface area contributed by atoms with E-state index in [2.05, 4.69) is 22.1 Å². The van der Waals surface area contributed by atoms with E-state index < -0.39 is 0 Å². The lowest BCUT2D eigenvalue weighted by Crippen LogP contribution is -2.27. The van der Waals surface area contributed by atoms with E-state index in [1.807, 2.05) is 6.07 Å². The standard InChI is InChI=1S/C17H20FNS/c18-16-3-1-2-13(10-16)8-15(11-19-17-4-5-17)9-14-6-7-20-12-14/h1-3,6-7,10,12,15,17,19H,4-5,8-9,11H2. The lowest BCUT2D eigenvalue weighted by Gasteiger charge is -2.17. The van der Waals surface area contributed by atoms with Gasteiger partial charge >= 0.3 is 0 Å². The fourth-order valence-electron chi connectivity index (χ4n) is 2.58. The predicted octanol–water partition coefficient (Wildman–Crippen LogP) is 4.04. The smallest absolute Gasteiger partial charge is 0.123 e. The van der Waals surface area contributed by atoms with Crippen molar-refractivity contribution in [3.05, 3.63) is 58.0 Å². The molecule has 1 aliphatic rings. The second kappa shape index (κ2) is 6.51. The molecule has 1 saturated carbocycles. The molecule has 1 atom stereocenters. The minimum atomic E-state index is -0.132. The predicted molar refractivity (Wildman–Crippen MR) is 82.6 cm³/mol. The zero-order chi connectivity index (χ0) is 13.8. The molecule has 1 aromatic heterocycles. The van der Waals surface area contributed by atoms with E-state index >= 15 is 0 Å². The molecule has 1 aromatic carbocycles. The number of rotatable bonds is 7. The van der Waals surface area contributed by atoms with Gasteiger partial charge in [0.2, 0.25) is 0 Å². The maximum atomic E-state index is 13.3. The molecule has 0 saturated heterocycles. The fourth-order valence-corrected chi connectivity index (χ4v) is 3.26. The Morgan fingerprint density at radius 2 is 2.05 bits per heavy atom. The minimum Gasteiger partial charge on any atom is -0.314 e. The van der Waals surface area contributed by atoms with E-state index in [1.54, 1.807) is 23.5 Å². The maximum Gasteiger partial charge on any atom is 0.123 e. The largest absolute Gasteiger partial charge is 0.314 e. The average Bonchev–Trinajstić information content (AvgIpc) is 3.12. The van der Waals surface area contributed by atoms with Crippen molar-refractivity contribution in [2.45, 2.75) is 31.7 Å². The Balaban J connectivity index is 1.63. The Morgan fingerprint density at radius 1 is 1.20 bits per heavy atom. The monoisotopic (exact) mass is 289 g/mol. The summed E-state index contributed by atoms with van der Waals surface area (Å²) in [6.45, 7) is 1.02. The van der Waals surface area contributed by atoms with Crippen LogP contribution in [0.5, 0.6) is 0 Å². The van der Waals surface area contributed by atoms with Crippen molar-refractivity contribution in [1.29, 1.82) is 0 Å². The van der Waals surface area contributed by atoms with E-state index in [9.17, 15) is 4.39 Å². The highest BCUT2D eigenvalue weighted by molar-refractivity contribution is 7.07. The van der Waals surface area contributed by atoms with E-state index in [0.717, 1.165) is 31.0 Å². The van der Waals surface area contributed by atoms with Crippen LogP contribution in [0.1, 0.15) is 24.0 Å². The highest BCUT2D eigenvalue weighted by Gasteiger charge is 2.22. The van der Waals surface area contributed by atoms with Gasteiger partial charge in [0.1, 0.15) is 5.82 Å². The molecule has 1 aliphatic carbocycles. The highest BCUT2D eigenvalue weighted by atomic mass is 32.1. The number of halogens is 1. The van der Waals surface area contributed by atoms with E-state index in [-0.39, 0.29) is 5.82 Å². The summed E-state index contributed by atoms with van der Waals surface area (Å²) >= 11 is 1.75. The molecule has 0 radical (unpaired) electrons.